The number of nitrogens with zero attached hydrogens (tertiary/aromatic N) is 2. The van der Waals surface area contributed by atoms with Crippen LogP contribution in [-0.2, 0) is 13.0 Å². The Morgan fingerprint density at radius 1 is 0.826 bits per heavy atom. The quantitative estimate of drug-likeness (QED) is 0.284. The van der Waals surface area contributed by atoms with Gasteiger partial charge in [-0.3, -0.25) is 0 Å². The maximum absolute atomic E-state index is 2.51. The molecule has 0 spiro atoms. The first-order valence-corrected chi connectivity index (χ1v) is 10.3. The van der Waals surface area contributed by atoms with E-state index >= 15 is 0 Å². The van der Waals surface area contributed by atoms with Crippen molar-refractivity contribution in [2.45, 2.75) is 117 Å². The zero-order valence-electron chi connectivity index (χ0n) is 16.3. The number of unbranched alkanes of at least 4 members (excludes halogenated alkanes) is 9. The summed E-state index contributed by atoms with van der Waals surface area (Å²) in [6, 6.07) is 0.575. The monoisotopic (exact) mass is 321 g/mol. The zero-order chi connectivity index (χ0) is 16.9. The van der Waals surface area contributed by atoms with Crippen LogP contribution >= 0.6 is 0 Å². The molecule has 2 nitrogen and oxygen atoms in total. The highest BCUT2D eigenvalue weighted by Gasteiger charge is 2.18. The number of aromatic nitrogens is 2. The van der Waals surface area contributed by atoms with Crippen LogP contribution in [0.1, 0.15) is 110 Å². The Morgan fingerprint density at radius 2 is 1.39 bits per heavy atom. The second kappa shape index (κ2) is 12.6. The van der Waals surface area contributed by atoms with Crippen LogP contribution in [0.4, 0.5) is 0 Å². The lowest BCUT2D eigenvalue weighted by molar-refractivity contribution is -0.704. The van der Waals surface area contributed by atoms with Gasteiger partial charge in [-0.2, -0.15) is 0 Å². The van der Waals surface area contributed by atoms with Crippen LogP contribution in [0.2, 0.25) is 0 Å². The molecule has 0 aromatic carbocycles. The fourth-order valence-corrected chi connectivity index (χ4v) is 3.35. The molecular weight excluding hydrogens is 280 g/mol. The van der Waals surface area contributed by atoms with Gasteiger partial charge in [-0.25, -0.2) is 9.13 Å². The number of imidazole rings is 1. The molecule has 0 N–H and O–H groups in total. The molecule has 134 valence electrons. The summed E-state index contributed by atoms with van der Waals surface area (Å²) in [4.78, 5) is 0. The van der Waals surface area contributed by atoms with E-state index < -0.39 is 0 Å². The molecular formula is C21H41N2+. The van der Waals surface area contributed by atoms with Crippen molar-refractivity contribution in [3.63, 3.8) is 0 Å². The summed E-state index contributed by atoms with van der Waals surface area (Å²) in [5, 5.41) is 0. The molecule has 0 radical (unpaired) electrons. The molecule has 0 saturated carbocycles. The van der Waals surface area contributed by atoms with Gasteiger partial charge in [0.1, 0.15) is 12.4 Å². The topological polar surface area (TPSA) is 8.81 Å². The predicted molar refractivity (Wildman–Crippen MR) is 101 cm³/mol. The van der Waals surface area contributed by atoms with E-state index in [2.05, 4.69) is 49.2 Å². The molecule has 0 saturated heterocycles. The van der Waals surface area contributed by atoms with E-state index in [1.807, 2.05) is 0 Å². The standard InChI is InChI=1S/C21H41N2/c1-5-7-9-10-11-12-13-14-15-17-22-18-19-23(20(3)4)21(22)16-8-6-2/h18-20H,5-17H2,1-4H3/q+1. The minimum atomic E-state index is 0.575. The molecule has 1 rings (SSSR count). The first kappa shape index (κ1) is 20.3. The van der Waals surface area contributed by atoms with Gasteiger partial charge in [0, 0.05) is 6.42 Å². The van der Waals surface area contributed by atoms with Gasteiger partial charge in [-0.15, -0.1) is 0 Å². The molecule has 0 aliphatic heterocycles. The van der Waals surface area contributed by atoms with E-state index in [9.17, 15) is 0 Å². The van der Waals surface area contributed by atoms with Crippen molar-refractivity contribution in [3.05, 3.63) is 18.2 Å². The van der Waals surface area contributed by atoms with E-state index in [1.54, 1.807) is 0 Å². The van der Waals surface area contributed by atoms with Gasteiger partial charge in [-0.1, -0.05) is 65.2 Å². The largest absolute Gasteiger partial charge is 0.256 e. The van der Waals surface area contributed by atoms with Gasteiger partial charge in [-0.05, 0) is 33.1 Å². The second-order valence-electron chi connectivity index (χ2n) is 7.34. The Labute approximate surface area is 145 Å². The molecule has 0 aliphatic rings. The zero-order valence-corrected chi connectivity index (χ0v) is 16.3. The Morgan fingerprint density at radius 3 is 1.96 bits per heavy atom. The third-order valence-electron chi connectivity index (χ3n) is 4.85. The molecule has 2 heteroatoms. The third kappa shape index (κ3) is 8.04. The van der Waals surface area contributed by atoms with Crippen LogP contribution in [0, 0.1) is 0 Å². The predicted octanol–water partition coefficient (Wildman–Crippen LogP) is 6.23. The molecule has 0 atom stereocenters. The Balaban J connectivity index is 2.26. The van der Waals surface area contributed by atoms with Crippen LogP contribution in [-0.4, -0.2) is 4.57 Å². The molecule has 0 fully saturated rings. The number of hydrogen-bond acceptors (Lipinski definition) is 0. The van der Waals surface area contributed by atoms with Crippen LogP contribution in [0.15, 0.2) is 12.4 Å². The molecule has 0 unspecified atom stereocenters. The summed E-state index contributed by atoms with van der Waals surface area (Å²) in [7, 11) is 0. The van der Waals surface area contributed by atoms with Crippen molar-refractivity contribution < 1.29 is 4.57 Å². The van der Waals surface area contributed by atoms with Gasteiger partial charge in [0.2, 0.25) is 0 Å². The van der Waals surface area contributed by atoms with Crippen molar-refractivity contribution in [2.24, 2.45) is 0 Å². The van der Waals surface area contributed by atoms with E-state index in [0.29, 0.717) is 6.04 Å². The Hall–Kier alpha value is -0.790. The Kier molecular flexibility index (Phi) is 11.1. The lowest BCUT2D eigenvalue weighted by Gasteiger charge is -2.07. The van der Waals surface area contributed by atoms with Crippen LogP contribution < -0.4 is 4.57 Å². The SMILES string of the molecule is CCCCCCCCCCC[n+]1ccn(C(C)C)c1CCCC. The van der Waals surface area contributed by atoms with Gasteiger partial charge < -0.3 is 0 Å². The maximum atomic E-state index is 2.51. The number of rotatable bonds is 14. The van der Waals surface area contributed by atoms with E-state index in [-0.39, 0.29) is 0 Å². The fraction of sp³-hybridized carbons (Fsp3) is 0.857. The van der Waals surface area contributed by atoms with Gasteiger partial charge in [0.15, 0.2) is 0 Å². The molecule has 1 aromatic rings. The highest BCUT2D eigenvalue weighted by molar-refractivity contribution is 4.86. The average molecular weight is 322 g/mol. The molecule has 0 bridgehead atoms. The van der Waals surface area contributed by atoms with E-state index in [4.69, 9.17) is 0 Å². The van der Waals surface area contributed by atoms with Gasteiger partial charge in [0.05, 0.1) is 12.6 Å². The Bertz CT molecular complexity index is 393. The van der Waals surface area contributed by atoms with Gasteiger partial charge in [0.25, 0.3) is 5.82 Å². The molecule has 0 aliphatic carbocycles. The summed E-state index contributed by atoms with van der Waals surface area (Å²) < 4.78 is 4.97. The lowest BCUT2D eigenvalue weighted by Crippen LogP contribution is -2.37. The molecule has 0 amide bonds. The summed E-state index contributed by atoms with van der Waals surface area (Å²) in [5.41, 5.74) is 0. The van der Waals surface area contributed by atoms with E-state index in [1.165, 1.54) is 89.4 Å². The summed E-state index contributed by atoms with van der Waals surface area (Å²) >= 11 is 0. The highest BCUT2D eigenvalue weighted by Crippen LogP contribution is 2.12. The highest BCUT2D eigenvalue weighted by atomic mass is 15.2. The molecule has 1 aromatic heterocycles. The summed E-state index contributed by atoms with van der Waals surface area (Å²) in [6.45, 7) is 10.4. The van der Waals surface area contributed by atoms with Crippen molar-refractivity contribution in [2.75, 3.05) is 0 Å². The van der Waals surface area contributed by atoms with Crippen molar-refractivity contribution >= 4 is 0 Å². The second-order valence-corrected chi connectivity index (χ2v) is 7.34. The number of hydrogen-bond donors (Lipinski definition) is 0. The summed E-state index contributed by atoms with van der Waals surface area (Å²) in [6.07, 6.45) is 21.1. The normalized spacial score (nSPS) is 11.5. The van der Waals surface area contributed by atoms with Gasteiger partial charge >= 0.3 is 0 Å². The van der Waals surface area contributed by atoms with E-state index in [0.717, 1.165) is 0 Å². The van der Waals surface area contributed by atoms with Crippen molar-refractivity contribution in [3.8, 4) is 0 Å². The number of aryl methyl sites for hydroxylation is 1. The third-order valence-corrected chi connectivity index (χ3v) is 4.85. The average Bonchev–Trinajstić information content (AvgIpc) is 2.94. The fourth-order valence-electron chi connectivity index (χ4n) is 3.35. The van der Waals surface area contributed by atoms with Crippen LogP contribution in [0.25, 0.3) is 0 Å². The smallest absolute Gasteiger partial charge is 0.234 e. The van der Waals surface area contributed by atoms with Crippen molar-refractivity contribution in [1.29, 1.82) is 0 Å². The first-order valence-electron chi connectivity index (χ1n) is 10.3. The maximum Gasteiger partial charge on any atom is 0.256 e. The lowest BCUT2D eigenvalue weighted by atomic mass is 10.1. The minimum Gasteiger partial charge on any atom is -0.234 e. The first-order chi connectivity index (χ1) is 11.2. The molecule has 1 heterocycles. The van der Waals surface area contributed by atoms with Crippen molar-refractivity contribution in [1.82, 2.24) is 4.57 Å². The summed E-state index contributed by atoms with van der Waals surface area (Å²) in [5.74, 6) is 1.53. The minimum absolute atomic E-state index is 0.575. The van der Waals surface area contributed by atoms with Crippen LogP contribution in [0.3, 0.4) is 0 Å². The van der Waals surface area contributed by atoms with Crippen LogP contribution in [0.5, 0.6) is 0 Å². The molecule has 23 heavy (non-hydrogen) atoms.